The Morgan fingerprint density at radius 3 is 2.60 bits per heavy atom. The molecule has 1 aromatic heterocycles. The summed E-state index contributed by atoms with van der Waals surface area (Å²) < 4.78 is 5.88. The number of hydrogen-bond donors (Lipinski definition) is 1. The van der Waals surface area contributed by atoms with E-state index >= 15 is 0 Å². The number of aromatic nitrogens is 2. The summed E-state index contributed by atoms with van der Waals surface area (Å²) in [5, 5.41) is 10.5. The molecule has 0 aliphatic carbocycles. The summed E-state index contributed by atoms with van der Waals surface area (Å²) in [5.74, 6) is 3.04. The van der Waals surface area contributed by atoms with Gasteiger partial charge in [-0.3, -0.25) is 4.90 Å². The number of benzene rings is 1. The van der Waals surface area contributed by atoms with E-state index in [9.17, 15) is 5.11 Å². The number of ether oxygens (including phenoxy) is 1. The molecule has 162 valence electrons. The van der Waals surface area contributed by atoms with Gasteiger partial charge in [0.1, 0.15) is 30.1 Å². The highest BCUT2D eigenvalue weighted by molar-refractivity contribution is 5.40. The number of rotatable bonds is 9. The highest BCUT2D eigenvalue weighted by atomic mass is 16.5. The smallest absolute Gasteiger partial charge is 0.133 e. The van der Waals surface area contributed by atoms with Gasteiger partial charge in [-0.25, -0.2) is 9.97 Å². The van der Waals surface area contributed by atoms with Gasteiger partial charge in [0, 0.05) is 50.4 Å². The van der Waals surface area contributed by atoms with Crippen LogP contribution in [0.5, 0.6) is 5.75 Å². The van der Waals surface area contributed by atoms with Crippen molar-refractivity contribution in [2.24, 2.45) is 0 Å². The molecule has 6 heteroatoms. The van der Waals surface area contributed by atoms with E-state index in [1.165, 1.54) is 0 Å². The van der Waals surface area contributed by atoms with E-state index in [0.29, 0.717) is 12.5 Å². The molecule has 0 radical (unpaired) electrons. The lowest BCUT2D eigenvalue weighted by atomic mass is 10.1. The summed E-state index contributed by atoms with van der Waals surface area (Å²) in [6, 6.07) is 9.98. The Bertz CT molecular complexity index is 832. The third kappa shape index (κ3) is 6.03. The molecular weight excluding hydrogens is 376 g/mol. The summed E-state index contributed by atoms with van der Waals surface area (Å²) in [6.07, 6.45) is 2.10. The average Bonchev–Trinajstić information content (AvgIpc) is 2.73. The summed E-state index contributed by atoms with van der Waals surface area (Å²) >= 11 is 0. The summed E-state index contributed by atoms with van der Waals surface area (Å²) in [5.41, 5.74) is 2.10. The van der Waals surface area contributed by atoms with Crippen LogP contribution >= 0.6 is 0 Å². The molecule has 1 atom stereocenters. The number of para-hydroxylation sites is 1. The number of aliphatic hydroxyl groups is 1. The van der Waals surface area contributed by atoms with Crippen molar-refractivity contribution in [3.8, 4) is 5.75 Å². The van der Waals surface area contributed by atoms with Gasteiger partial charge in [-0.2, -0.15) is 0 Å². The van der Waals surface area contributed by atoms with Crippen LogP contribution in [-0.2, 0) is 6.42 Å². The Kier molecular flexibility index (Phi) is 7.82. The van der Waals surface area contributed by atoms with Crippen molar-refractivity contribution >= 4 is 5.82 Å². The zero-order valence-electron chi connectivity index (χ0n) is 18.4. The van der Waals surface area contributed by atoms with Crippen LogP contribution in [0, 0.1) is 6.92 Å². The highest BCUT2D eigenvalue weighted by Crippen LogP contribution is 2.20. The third-order valence-electron chi connectivity index (χ3n) is 5.31. The van der Waals surface area contributed by atoms with Crippen molar-refractivity contribution in [2.75, 3.05) is 44.2 Å². The first-order valence-corrected chi connectivity index (χ1v) is 10.8. The van der Waals surface area contributed by atoms with Crippen LogP contribution in [0.1, 0.15) is 36.8 Å². The summed E-state index contributed by atoms with van der Waals surface area (Å²) in [7, 11) is 0. The number of β-amino-alcohol motifs (C(OH)–C–C–N with tert-alkyl or cyclic N) is 1. The normalized spacial score (nSPS) is 16.0. The van der Waals surface area contributed by atoms with Crippen molar-refractivity contribution in [3.05, 3.63) is 60.1 Å². The molecule has 0 spiro atoms. The molecule has 1 unspecified atom stereocenters. The molecule has 3 rings (SSSR count). The van der Waals surface area contributed by atoms with Crippen molar-refractivity contribution in [1.82, 2.24) is 14.9 Å². The third-order valence-corrected chi connectivity index (χ3v) is 5.31. The summed E-state index contributed by atoms with van der Waals surface area (Å²) in [4.78, 5) is 13.9. The van der Waals surface area contributed by atoms with Crippen molar-refractivity contribution in [3.63, 3.8) is 0 Å². The Balaban J connectivity index is 1.48. The van der Waals surface area contributed by atoms with Crippen LogP contribution in [0.2, 0.25) is 0 Å². The molecule has 1 aliphatic rings. The van der Waals surface area contributed by atoms with Crippen molar-refractivity contribution in [1.29, 1.82) is 0 Å². The van der Waals surface area contributed by atoms with Gasteiger partial charge in [0.25, 0.3) is 0 Å². The van der Waals surface area contributed by atoms with E-state index < -0.39 is 6.10 Å². The predicted molar refractivity (Wildman–Crippen MR) is 121 cm³/mol. The van der Waals surface area contributed by atoms with E-state index in [1.54, 1.807) is 0 Å². The van der Waals surface area contributed by atoms with Crippen molar-refractivity contribution in [2.45, 2.75) is 39.2 Å². The second kappa shape index (κ2) is 10.5. The Hall–Kier alpha value is -2.44. The standard InChI is InChI=1S/C24H34N4O2/c1-5-8-20-9-6-7-10-22(20)30-17-21(29)16-27-11-13-28(14-12-27)23-15-19(4)25-24(26-23)18(2)3/h5-7,9-10,15,18,21,29H,1,8,11-14,16-17H2,2-4H3. The fraction of sp³-hybridized carbons (Fsp3) is 0.500. The van der Waals surface area contributed by atoms with Crippen LogP contribution in [0.3, 0.4) is 0 Å². The van der Waals surface area contributed by atoms with E-state index in [4.69, 9.17) is 9.72 Å². The molecule has 30 heavy (non-hydrogen) atoms. The Morgan fingerprint density at radius 2 is 1.90 bits per heavy atom. The minimum atomic E-state index is -0.526. The van der Waals surface area contributed by atoms with Crippen LogP contribution in [-0.4, -0.2) is 65.4 Å². The molecule has 2 aromatic rings. The number of allylic oxidation sites excluding steroid dienone is 1. The quantitative estimate of drug-likeness (QED) is 0.641. The molecule has 1 aliphatic heterocycles. The van der Waals surface area contributed by atoms with E-state index in [0.717, 1.165) is 61.2 Å². The van der Waals surface area contributed by atoms with Crippen LogP contribution in [0.15, 0.2) is 43.0 Å². The van der Waals surface area contributed by atoms with Gasteiger partial charge in [0.2, 0.25) is 0 Å². The molecule has 1 N–H and O–H groups in total. The molecule has 1 fully saturated rings. The molecule has 0 saturated carbocycles. The second-order valence-corrected chi connectivity index (χ2v) is 8.23. The fourth-order valence-electron chi connectivity index (χ4n) is 3.66. The topological polar surface area (TPSA) is 61.7 Å². The zero-order valence-corrected chi connectivity index (χ0v) is 18.4. The Labute approximate surface area is 180 Å². The highest BCUT2D eigenvalue weighted by Gasteiger charge is 2.21. The number of piperazine rings is 1. The Morgan fingerprint density at radius 1 is 1.17 bits per heavy atom. The van der Waals surface area contributed by atoms with Gasteiger partial charge < -0.3 is 14.7 Å². The maximum absolute atomic E-state index is 10.5. The van der Waals surface area contributed by atoms with Gasteiger partial charge in [-0.05, 0) is 25.0 Å². The number of aryl methyl sites for hydroxylation is 1. The predicted octanol–water partition coefficient (Wildman–Crippen LogP) is 3.20. The molecule has 0 amide bonds. The lowest BCUT2D eigenvalue weighted by Gasteiger charge is -2.36. The fourth-order valence-corrected chi connectivity index (χ4v) is 3.66. The minimum Gasteiger partial charge on any atom is -0.491 e. The van der Waals surface area contributed by atoms with Gasteiger partial charge >= 0.3 is 0 Å². The maximum Gasteiger partial charge on any atom is 0.133 e. The zero-order chi connectivity index (χ0) is 21.5. The van der Waals surface area contributed by atoms with E-state index in [-0.39, 0.29) is 6.61 Å². The van der Waals surface area contributed by atoms with Crippen LogP contribution < -0.4 is 9.64 Å². The summed E-state index contributed by atoms with van der Waals surface area (Å²) in [6.45, 7) is 14.5. The van der Waals surface area contributed by atoms with E-state index in [1.807, 2.05) is 37.3 Å². The minimum absolute atomic E-state index is 0.289. The SMILES string of the molecule is C=CCc1ccccc1OCC(O)CN1CCN(c2cc(C)nc(C(C)C)n2)CC1. The first-order valence-electron chi connectivity index (χ1n) is 10.8. The number of hydrogen-bond acceptors (Lipinski definition) is 6. The largest absolute Gasteiger partial charge is 0.491 e. The molecule has 2 heterocycles. The van der Waals surface area contributed by atoms with Crippen LogP contribution in [0.4, 0.5) is 5.82 Å². The van der Waals surface area contributed by atoms with Gasteiger partial charge in [0.05, 0.1) is 0 Å². The van der Waals surface area contributed by atoms with Gasteiger partial charge in [-0.1, -0.05) is 38.1 Å². The van der Waals surface area contributed by atoms with Gasteiger partial charge in [-0.15, -0.1) is 6.58 Å². The second-order valence-electron chi connectivity index (χ2n) is 8.23. The average molecular weight is 411 g/mol. The number of nitrogens with zero attached hydrogens (tertiary/aromatic N) is 4. The lowest BCUT2D eigenvalue weighted by Crippen LogP contribution is -2.49. The maximum atomic E-state index is 10.5. The van der Waals surface area contributed by atoms with Crippen LogP contribution in [0.25, 0.3) is 0 Å². The molecule has 1 saturated heterocycles. The number of aliphatic hydroxyl groups excluding tert-OH is 1. The molecule has 1 aromatic carbocycles. The molecular formula is C24H34N4O2. The first kappa shape index (κ1) is 22.2. The molecule has 0 bridgehead atoms. The first-order chi connectivity index (χ1) is 14.5. The molecule has 6 nitrogen and oxygen atoms in total. The van der Waals surface area contributed by atoms with Gasteiger partial charge in [0.15, 0.2) is 0 Å². The van der Waals surface area contributed by atoms with Crippen molar-refractivity contribution < 1.29 is 9.84 Å². The lowest BCUT2D eigenvalue weighted by molar-refractivity contribution is 0.0660. The van der Waals surface area contributed by atoms with E-state index in [2.05, 4.69) is 41.3 Å². The monoisotopic (exact) mass is 410 g/mol. The number of anilines is 1.